The fourth-order valence-corrected chi connectivity index (χ4v) is 2.14. The first-order valence-electron chi connectivity index (χ1n) is 5.29. The fraction of sp³-hybridized carbons (Fsp3) is 0.417. The summed E-state index contributed by atoms with van der Waals surface area (Å²) in [5.74, 6) is 0.177. The van der Waals surface area contributed by atoms with Crippen LogP contribution in [0.4, 0.5) is 5.69 Å². The number of benzene rings is 1. The first-order valence-corrected chi connectivity index (χ1v) is 5.29. The molecule has 0 unspecified atom stereocenters. The SMILES string of the molecule is CN[C@@H]1C[C@H](C)N(c2ccccc2)C1=O. The number of nitrogens with one attached hydrogen (secondary N) is 1. The molecule has 1 aromatic rings. The number of amides is 1. The molecule has 3 heteroatoms. The number of carbonyl (C=O) groups excluding carboxylic acids is 1. The van der Waals surface area contributed by atoms with Crippen LogP contribution in [0.3, 0.4) is 0 Å². The third kappa shape index (κ3) is 1.75. The maximum Gasteiger partial charge on any atom is 0.244 e. The Morgan fingerprint density at radius 1 is 1.33 bits per heavy atom. The van der Waals surface area contributed by atoms with Gasteiger partial charge in [-0.25, -0.2) is 0 Å². The molecule has 0 spiro atoms. The van der Waals surface area contributed by atoms with Crippen LogP contribution >= 0.6 is 0 Å². The average Bonchev–Trinajstić information content (AvgIpc) is 2.55. The summed E-state index contributed by atoms with van der Waals surface area (Å²) in [6, 6.07) is 10.1. The fourth-order valence-electron chi connectivity index (χ4n) is 2.14. The van der Waals surface area contributed by atoms with Crippen molar-refractivity contribution < 1.29 is 4.79 Å². The summed E-state index contributed by atoms with van der Waals surface area (Å²) in [6.45, 7) is 2.09. The number of likely N-dealkylation sites (N-methyl/N-ethyl adjacent to an activating group) is 1. The zero-order valence-corrected chi connectivity index (χ0v) is 9.10. The van der Waals surface area contributed by atoms with Gasteiger partial charge in [0, 0.05) is 11.7 Å². The van der Waals surface area contributed by atoms with E-state index in [1.807, 2.05) is 42.3 Å². The minimum absolute atomic E-state index is 0.0276. The molecule has 1 amide bonds. The lowest BCUT2D eigenvalue weighted by Gasteiger charge is -2.21. The van der Waals surface area contributed by atoms with E-state index >= 15 is 0 Å². The van der Waals surface area contributed by atoms with Crippen LogP contribution in [0.1, 0.15) is 13.3 Å². The molecule has 0 radical (unpaired) electrons. The summed E-state index contributed by atoms with van der Waals surface area (Å²) in [7, 11) is 1.84. The smallest absolute Gasteiger partial charge is 0.244 e. The lowest BCUT2D eigenvalue weighted by atomic mass is 10.2. The number of para-hydroxylation sites is 1. The van der Waals surface area contributed by atoms with Gasteiger partial charge in [0.2, 0.25) is 5.91 Å². The molecule has 2 atom stereocenters. The predicted octanol–water partition coefficient (Wildman–Crippen LogP) is 1.40. The molecule has 1 N–H and O–H groups in total. The maximum absolute atomic E-state index is 12.0. The normalized spacial score (nSPS) is 26.0. The van der Waals surface area contributed by atoms with Crippen LogP contribution in [0.15, 0.2) is 30.3 Å². The Morgan fingerprint density at radius 3 is 2.53 bits per heavy atom. The van der Waals surface area contributed by atoms with Gasteiger partial charge in [-0.2, -0.15) is 0 Å². The number of carbonyl (C=O) groups is 1. The molecule has 2 rings (SSSR count). The van der Waals surface area contributed by atoms with Gasteiger partial charge < -0.3 is 10.2 Å². The molecule has 15 heavy (non-hydrogen) atoms. The Bertz CT molecular complexity index is 350. The van der Waals surface area contributed by atoms with E-state index in [2.05, 4.69) is 12.2 Å². The largest absolute Gasteiger partial charge is 0.309 e. The molecular formula is C12H16N2O. The van der Waals surface area contributed by atoms with E-state index in [1.54, 1.807) is 0 Å². The molecule has 1 fully saturated rings. The van der Waals surface area contributed by atoms with Gasteiger partial charge in [0.1, 0.15) is 0 Å². The third-order valence-corrected chi connectivity index (χ3v) is 2.94. The molecule has 3 nitrogen and oxygen atoms in total. The molecule has 0 aliphatic carbocycles. The first kappa shape index (κ1) is 10.2. The lowest BCUT2D eigenvalue weighted by molar-refractivity contribution is -0.118. The van der Waals surface area contributed by atoms with Crippen LogP contribution in [-0.2, 0) is 4.79 Å². The second-order valence-corrected chi connectivity index (χ2v) is 3.97. The highest BCUT2D eigenvalue weighted by Gasteiger charge is 2.36. The topological polar surface area (TPSA) is 32.3 Å². The summed E-state index contributed by atoms with van der Waals surface area (Å²) in [6.07, 6.45) is 0.879. The Morgan fingerprint density at radius 2 is 2.00 bits per heavy atom. The summed E-state index contributed by atoms with van der Waals surface area (Å²) in [5, 5.41) is 3.05. The molecule has 1 aliphatic heterocycles. The molecule has 80 valence electrons. The van der Waals surface area contributed by atoms with Gasteiger partial charge >= 0.3 is 0 Å². The quantitative estimate of drug-likeness (QED) is 0.789. The van der Waals surface area contributed by atoms with Gasteiger partial charge in [0.25, 0.3) is 0 Å². The second kappa shape index (κ2) is 4.03. The van der Waals surface area contributed by atoms with Crippen LogP contribution in [0.25, 0.3) is 0 Å². The molecule has 0 aromatic heterocycles. The van der Waals surface area contributed by atoms with Gasteiger partial charge in [0.15, 0.2) is 0 Å². The van der Waals surface area contributed by atoms with Crippen molar-refractivity contribution in [2.24, 2.45) is 0 Å². The van der Waals surface area contributed by atoms with Crippen LogP contribution < -0.4 is 10.2 Å². The number of nitrogens with zero attached hydrogens (tertiary/aromatic N) is 1. The number of hydrogen-bond acceptors (Lipinski definition) is 2. The molecule has 1 aliphatic rings. The van der Waals surface area contributed by atoms with Gasteiger partial charge in [-0.05, 0) is 32.5 Å². The third-order valence-electron chi connectivity index (χ3n) is 2.94. The minimum Gasteiger partial charge on any atom is -0.309 e. The Kier molecular flexibility index (Phi) is 2.73. The van der Waals surface area contributed by atoms with Crippen molar-refractivity contribution in [2.45, 2.75) is 25.4 Å². The maximum atomic E-state index is 12.0. The lowest BCUT2D eigenvalue weighted by Crippen LogP contribution is -2.37. The van der Waals surface area contributed by atoms with Crippen molar-refractivity contribution in [2.75, 3.05) is 11.9 Å². The van der Waals surface area contributed by atoms with Gasteiger partial charge in [-0.1, -0.05) is 18.2 Å². The highest BCUT2D eigenvalue weighted by molar-refractivity contribution is 6.00. The zero-order valence-electron chi connectivity index (χ0n) is 9.10. The summed E-state index contributed by atoms with van der Waals surface area (Å²) >= 11 is 0. The van der Waals surface area contributed by atoms with Crippen molar-refractivity contribution in [3.05, 3.63) is 30.3 Å². The highest BCUT2D eigenvalue weighted by atomic mass is 16.2. The average molecular weight is 204 g/mol. The summed E-state index contributed by atoms with van der Waals surface area (Å²) < 4.78 is 0. The van der Waals surface area contributed by atoms with E-state index in [4.69, 9.17) is 0 Å². The van der Waals surface area contributed by atoms with Crippen molar-refractivity contribution in [1.29, 1.82) is 0 Å². The van der Waals surface area contributed by atoms with Crippen LogP contribution in [0.2, 0.25) is 0 Å². The highest BCUT2D eigenvalue weighted by Crippen LogP contribution is 2.25. The zero-order chi connectivity index (χ0) is 10.8. The molecular weight excluding hydrogens is 188 g/mol. The molecule has 1 aromatic carbocycles. The van der Waals surface area contributed by atoms with E-state index in [-0.39, 0.29) is 18.0 Å². The Balaban J connectivity index is 2.27. The van der Waals surface area contributed by atoms with E-state index in [9.17, 15) is 4.79 Å². The Labute approximate surface area is 90.1 Å². The summed E-state index contributed by atoms with van der Waals surface area (Å²) in [5.41, 5.74) is 0.993. The van der Waals surface area contributed by atoms with Gasteiger partial charge in [0.05, 0.1) is 6.04 Å². The summed E-state index contributed by atoms with van der Waals surface area (Å²) in [4.78, 5) is 13.9. The monoisotopic (exact) mass is 204 g/mol. The van der Waals surface area contributed by atoms with E-state index in [0.717, 1.165) is 12.1 Å². The van der Waals surface area contributed by atoms with Crippen LogP contribution in [0, 0.1) is 0 Å². The van der Waals surface area contributed by atoms with Crippen molar-refractivity contribution in [3.8, 4) is 0 Å². The molecule has 0 saturated carbocycles. The molecule has 0 bridgehead atoms. The van der Waals surface area contributed by atoms with E-state index in [1.165, 1.54) is 0 Å². The Hall–Kier alpha value is -1.35. The van der Waals surface area contributed by atoms with E-state index < -0.39 is 0 Å². The van der Waals surface area contributed by atoms with Crippen molar-refractivity contribution in [1.82, 2.24) is 5.32 Å². The number of anilines is 1. The van der Waals surface area contributed by atoms with Crippen LogP contribution in [0.5, 0.6) is 0 Å². The van der Waals surface area contributed by atoms with Gasteiger partial charge in [-0.3, -0.25) is 4.79 Å². The van der Waals surface area contributed by atoms with E-state index in [0.29, 0.717) is 0 Å². The molecule has 1 heterocycles. The van der Waals surface area contributed by atoms with Crippen LogP contribution in [-0.4, -0.2) is 25.0 Å². The first-order chi connectivity index (χ1) is 7.24. The standard InChI is InChI=1S/C12H16N2O/c1-9-8-11(13-2)12(15)14(9)10-6-4-3-5-7-10/h3-7,9,11,13H,8H2,1-2H3/t9-,11+/m0/s1. The van der Waals surface area contributed by atoms with Crippen molar-refractivity contribution in [3.63, 3.8) is 0 Å². The number of hydrogen-bond donors (Lipinski definition) is 1. The number of rotatable bonds is 2. The van der Waals surface area contributed by atoms with Crippen molar-refractivity contribution >= 4 is 11.6 Å². The van der Waals surface area contributed by atoms with Gasteiger partial charge in [-0.15, -0.1) is 0 Å². The minimum atomic E-state index is -0.0276. The predicted molar refractivity (Wildman–Crippen MR) is 60.9 cm³/mol. The molecule has 1 saturated heterocycles. The second-order valence-electron chi connectivity index (χ2n) is 3.97.